The normalized spacial score (nSPS) is 9.90. The highest BCUT2D eigenvalue weighted by Gasteiger charge is 2.13. The number of amides is 1. The monoisotopic (exact) mass is 268 g/mol. The second kappa shape index (κ2) is 5.54. The molecule has 0 aliphatic rings. The fraction of sp³-hybridized carbons (Fsp3) is 0.125. The highest BCUT2D eigenvalue weighted by atomic mass is 19.1. The lowest BCUT2D eigenvalue weighted by Crippen LogP contribution is -2.14. The number of nitrogens with zero attached hydrogens (tertiary/aromatic N) is 1. The number of hydrogen-bond acceptors (Lipinski definition) is 2. The van der Waals surface area contributed by atoms with E-state index in [4.69, 9.17) is 5.26 Å². The number of halogens is 1. The third kappa shape index (κ3) is 2.83. The molecule has 0 unspecified atom stereocenters. The van der Waals surface area contributed by atoms with Gasteiger partial charge in [-0.2, -0.15) is 5.26 Å². The van der Waals surface area contributed by atoms with E-state index in [1.54, 1.807) is 31.2 Å². The molecule has 1 amide bonds. The van der Waals surface area contributed by atoms with E-state index in [1.807, 2.05) is 13.0 Å². The molecule has 4 heteroatoms. The Morgan fingerprint density at radius 2 is 1.95 bits per heavy atom. The second-order valence-electron chi connectivity index (χ2n) is 4.58. The van der Waals surface area contributed by atoms with Crippen LogP contribution in [0.2, 0.25) is 0 Å². The maximum atomic E-state index is 13.7. The van der Waals surface area contributed by atoms with Gasteiger partial charge in [0, 0.05) is 5.69 Å². The van der Waals surface area contributed by atoms with Gasteiger partial charge in [-0.3, -0.25) is 4.79 Å². The Labute approximate surface area is 116 Å². The van der Waals surface area contributed by atoms with Gasteiger partial charge in [-0.1, -0.05) is 17.7 Å². The number of carbonyl (C=O) groups is 1. The van der Waals surface area contributed by atoms with E-state index in [-0.39, 0.29) is 5.56 Å². The maximum absolute atomic E-state index is 13.7. The fourth-order valence-corrected chi connectivity index (χ4v) is 1.83. The van der Waals surface area contributed by atoms with Gasteiger partial charge in [0.2, 0.25) is 0 Å². The Morgan fingerprint density at radius 3 is 2.65 bits per heavy atom. The van der Waals surface area contributed by atoms with Gasteiger partial charge >= 0.3 is 0 Å². The largest absolute Gasteiger partial charge is 0.322 e. The Hall–Kier alpha value is -2.67. The number of aryl methyl sites for hydroxylation is 2. The van der Waals surface area contributed by atoms with Crippen molar-refractivity contribution in [3.63, 3.8) is 0 Å². The first-order valence-electron chi connectivity index (χ1n) is 6.09. The molecule has 0 saturated heterocycles. The molecule has 0 aliphatic heterocycles. The summed E-state index contributed by atoms with van der Waals surface area (Å²) >= 11 is 0. The van der Waals surface area contributed by atoms with Gasteiger partial charge in [-0.25, -0.2) is 4.39 Å². The van der Waals surface area contributed by atoms with Crippen LogP contribution in [0, 0.1) is 31.0 Å². The molecule has 100 valence electrons. The number of nitrogens with one attached hydrogen (secondary N) is 1. The van der Waals surface area contributed by atoms with Crippen molar-refractivity contribution < 1.29 is 9.18 Å². The predicted octanol–water partition coefficient (Wildman–Crippen LogP) is 3.57. The molecular weight excluding hydrogens is 255 g/mol. The zero-order chi connectivity index (χ0) is 14.7. The molecule has 0 bridgehead atoms. The highest BCUT2D eigenvalue weighted by Crippen LogP contribution is 2.19. The number of benzene rings is 2. The molecule has 2 rings (SSSR count). The van der Waals surface area contributed by atoms with Gasteiger partial charge in [0.15, 0.2) is 0 Å². The van der Waals surface area contributed by atoms with E-state index < -0.39 is 11.7 Å². The van der Waals surface area contributed by atoms with Crippen molar-refractivity contribution in [2.24, 2.45) is 0 Å². The number of carbonyl (C=O) groups excluding carboxylic acids is 1. The first kappa shape index (κ1) is 13.8. The average Bonchev–Trinajstić information content (AvgIpc) is 2.43. The molecule has 2 aromatic rings. The van der Waals surface area contributed by atoms with Gasteiger partial charge in [0.1, 0.15) is 5.82 Å². The minimum Gasteiger partial charge on any atom is -0.322 e. The van der Waals surface area contributed by atoms with Crippen molar-refractivity contribution in [1.82, 2.24) is 0 Å². The summed E-state index contributed by atoms with van der Waals surface area (Å²) in [5.74, 6) is -1.09. The van der Waals surface area contributed by atoms with Crippen LogP contribution in [0.1, 0.15) is 27.0 Å². The minimum absolute atomic E-state index is 0.00763. The standard InChI is InChI=1S/C16H13FN2O/c1-10-3-6-14(17)13(7-10)16(20)19-15-8-12(9-18)5-4-11(15)2/h3-8H,1-2H3,(H,19,20). The highest BCUT2D eigenvalue weighted by molar-refractivity contribution is 6.05. The van der Waals surface area contributed by atoms with E-state index in [2.05, 4.69) is 5.32 Å². The molecule has 0 atom stereocenters. The van der Waals surface area contributed by atoms with Gasteiger partial charge in [-0.05, 0) is 43.7 Å². The molecule has 0 spiro atoms. The van der Waals surface area contributed by atoms with Crippen molar-refractivity contribution >= 4 is 11.6 Å². The van der Waals surface area contributed by atoms with Crippen molar-refractivity contribution in [3.05, 3.63) is 64.5 Å². The molecular formula is C16H13FN2O. The van der Waals surface area contributed by atoms with Crippen LogP contribution in [0.25, 0.3) is 0 Å². The van der Waals surface area contributed by atoms with Crippen LogP contribution in [0.4, 0.5) is 10.1 Å². The van der Waals surface area contributed by atoms with Crippen LogP contribution < -0.4 is 5.32 Å². The van der Waals surface area contributed by atoms with Gasteiger partial charge in [0.05, 0.1) is 17.2 Å². The topological polar surface area (TPSA) is 52.9 Å². The smallest absolute Gasteiger partial charge is 0.258 e. The molecule has 2 aromatic carbocycles. The van der Waals surface area contributed by atoms with Crippen LogP contribution in [0.5, 0.6) is 0 Å². The summed E-state index contributed by atoms with van der Waals surface area (Å²) in [6, 6.07) is 11.3. The van der Waals surface area contributed by atoms with E-state index in [0.29, 0.717) is 11.3 Å². The zero-order valence-electron chi connectivity index (χ0n) is 11.2. The number of nitriles is 1. The minimum atomic E-state index is -0.567. The van der Waals surface area contributed by atoms with E-state index >= 15 is 0 Å². The summed E-state index contributed by atoms with van der Waals surface area (Å²) in [7, 11) is 0. The first-order chi connectivity index (χ1) is 9.51. The van der Waals surface area contributed by atoms with Gasteiger partial charge in [0.25, 0.3) is 5.91 Å². The Bertz CT molecular complexity index is 717. The lowest BCUT2D eigenvalue weighted by Gasteiger charge is -2.09. The lowest BCUT2D eigenvalue weighted by molar-refractivity contribution is 0.102. The Balaban J connectivity index is 2.33. The molecule has 0 fully saturated rings. The molecule has 0 aromatic heterocycles. The molecule has 1 N–H and O–H groups in total. The molecule has 0 heterocycles. The third-order valence-corrected chi connectivity index (χ3v) is 2.98. The molecule has 0 radical (unpaired) electrons. The summed E-state index contributed by atoms with van der Waals surface area (Å²) in [5.41, 5.74) is 2.56. The molecule has 0 aliphatic carbocycles. The summed E-state index contributed by atoms with van der Waals surface area (Å²) in [4.78, 5) is 12.1. The van der Waals surface area contributed by atoms with Crippen molar-refractivity contribution in [2.45, 2.75) is 13.8 Å². The summed E-state index contributed by atoms with van der Waals surface area (Å²) in [5, 5.41) is 11.5. The van der Waals surface area contributed by atoms with Crippen LogP contribution >= 0.6 is 0 Å². The third-order valence-electron chi connectivity index (χ3n) is 2.98. The predicted molar refractivity (Wildman–Crippen MR) is 75.0 cm³/mol. The summed E-state index contributed by atoms with van der Waals surface area (Å²) < 4.78 is 13.7. The zero-order valence-corrected chi connectivity index (χ0v) is 11.2. The maximum Gasteiger partial charge on any atom is 0.258 e. The van der Waals surface area contributed by atoms with Crippen molar-refractivity contribution in [2.75, 3.05) is 5.32 Å². The fourth-order valence-electron chi connectivity index (χ4n) is 1.83. The molecule has 0 saturated carbocycles. The lowest BCUT2D eigenvalue weighted by atomic mass is 10.1. The van der Waals surface area contributed by atoms with Gasteiger partial charge in [-0.15, -0.1) is 0 Å². The Kier molecular flexibility index (Phi) is 3.81. The average molecular weight is 268 g/mol. The van der Waals surface area contributed by atoms with Crippen LogP contribution in [-0.4, -0.2) is 5.91 Å². The number of hydrogen-bond donors (Lipinski definition) is 1. The van der Waals surface area contributed by atoms with Crippen LogP contribution in [0.15, 0.2) is 36.4 Å². The molecule has 20 heavy (non-hydrogen) atoms. The van der Waals surface area contributed by atoms with E-state index in [1.165, 1.54) is 12.1 Å². The van der Waals surface area contributed by atoms with Gasteiger partial charge < -0.3 is 5.32 Å². The quantitative estimate of drug-likeness (QED) is 0.905. The SMILES string of the molecule is Cc1ccc(F)c(C(=O)Nc2cc(C#N)ccc2C)c1. The summed E-state index contributed by atoms with van der Waals surface area (Å²) in [6.07, 6.45) is 0. The number of anilines is 1. The number of rotatable bonds is 2. The summed E-state index contributed by atoms with van der Waals surface area (Å²) in [6.45, 7) is 3.60. The van der Waals surface area contributed by atoms with Crippen molar-refractivity contribution in [1.29, 1.82) is 5.26 Å². The van der Waals surface area contributed by atoms with Crippen LogP contribution in [0.3, 0.4) is 0 Å². The van der Waals surface area contributed by atoms with Crippen molar-refractivity contribution in [3.8, 4) is 6.07 Å². The van der Waals surface area contributed by atoms with E-state index in [0.717, 1.165) is 11.1 Å². The Morgan fingerprint density at radius 1 is 1.20 bits per heavy atom. The van der Waals surface area contributed by atoms with Crippen LogP contribution in [-0.2, 0) is 0 Å². The van der Waals surface area contributed by atoms with E-state index in [9.17, 15) is 9.18 Å². The first-order valence-corrected chi connectivity index (χ1v) is 6.09. The molecule has 3 nitrogen and oxygen atoms in total. The second-order valence-corrected chi connectivity index (χ2v) is 4.58.